The first-order chi connectivity index (χ1) is 16.9. The van der Waals surface area contributed by atoms with E-state index in [4.69, 9.17) is 4.74 Å². The first-order valence-corrected chi connectivity index (χ1v) is 12.5. The highest BCUT2D eigenvalue weighted by atomic mass is 32.1. The van der Waals surface area contributed by atoms with Crippen molar-refractivity contribution in [1.29, 1.82) is 0 Å². The molecule has 0 aliphatic carbocycles. The fourth-order valence-corrected chi connectivity index (χ4v) is 4.79. The molecule has 0 bridgehead atoms. The van der Waals surface area contributed by atoms with Gasteiger partial charge in [-0.1, -0.05) is 12.1 Å². The van der Waals surface area contributed by atoms with Gasteiger partial charge in [-0.15, -0.1) is 11.3 Å². The number of nitrogens with zero attached hydrogens (tertiary/aromatic N) is 5. The number of halogens is 1. The number of rotatable bonds is 5. The Bertz CT molecular complexity index is 1050. The molecule has 3 heterocycles. The van der Waals surface area contributed by atoms with Gasteiger partial charge in [0.25, 0.3) is 0 Å². The molecule has 1 aromatic heterocycles. The Balaban J connectivity index is 1.22. The van der Waals surface area contributed by atoms with Gasteiger partial charge in [0.05, 0.1) is 24.4 Å². The largest absolute Gasteiger partial charge is 0.450 e. The van der Waals surface area contributed by atoms with Gasteiger partial charge in [0.15, 0.2) is 5.13 Å². The number of para-hydroxylation sites is 1. The summed E-state index contributed by atoms with van der Waals surface area (Å²) in [7, 11) is 0. The third-order valence-electron chi connectivity index (χ3n) is 6.02. The molecule has 2 aromatic rings. The molecule has 4 rings (SSSR count). The van der Waals surface area contributed by atoms with Gasteiger partial charge in [-0.2, -0.15) is 0 Å². The van der Waals surface area contributed by atoms with Crippen molar-refractivity contribution in [3.63, 3.8) is 0 Å². The monoisotopic (exact) mass is 504 g/mol. The summed E-state index contributed by atoms with van der Waals surface area (Å²) in [6.45, 7) is 5.85. The van der Waals surface area contributed by atoms with Crippen LogP contribution in [0.4, 0.5) is 24.8 Å². The molecule has 1 aromatic carbocycles. The van der Waals surface area contributed by atoms with Gasteiger partial charge >= 0.3 is 12.1 Å². The number of benzene rings is 1. The van der Waals surface area contributed by atoms with Crippen LogP contribution in [-0.4, -0.2) is 96.7 Å². The number of hydrogen-bond donors (Lipinski definition) is 1. The summed E-state index contributed by atoms with van der Waals surface area (Å²) in [6, 6.07) is 6.37. The lowest BCUT2D eigenvalue weighted by molar-refractivity contribution is -0.130. The van der Waals surface area contributed by atoms with Crippen LogP contribution in [0.25, 0.3) is 0 Å². The number of urea groups is 1. The van der Waals surface area contributed by atoms with Crippen molar-refractivity contribution < 1.29 is 23.5 Å². The summed E-state index contributed by atoms with van der Waals surface area (Å²) in [4.78, 5) is 48.4. The van der Waals surface area contributed by atoms with Crippen molar-refractivity contribution in [3.05, 3.63) is 41.2 Å². The van der Waals surface area contributed by atoms with Gasteiger partial charge in [-0.25, -0.2) is 19.0 Å². The zero-order chi connectivity index (χ0) is 24.8. The van der Waals surface area contributed by atoms with Gasteiger partial charge in [-0.3, -0.25) is 10.1 Å². The Morgan fingerprint density at radius 1 is 1.00 bits per heavy atom. The average molecular weight is 505 g/mol. The van der Waals surface area contributed by atoms with Crippen LogP contribution in [0.3, 0.4) is 0 Å². The third kappa shape index (κ3) is 6.18. The lowest BCUT2D eigenvalue weighted by Gasteiger charge is -2.36. The predicted octanol–water partition coefficient (Wildman–Crippen LogP) is 2.48. The Morgan fingerprint density at radius 2 is 1.66 bits per heavy atom. The van der Waals surface area contributed by atoms with E-state index in [1.54, 1.807) is 45.2 Å². The second-order valence-corrected chi connectivity index (χ2v) is 9.10. The van der Waals surface area contributed by atoms with E-state index in [0.717, 1.165) is 0 Å². The number of hydrogen-bond acceptors (Lipinski definition) is 7. The van der Waals surface area contributed by atoms with Crippen molar-refractivity contribution >= 4 is 40.2 Å². The van der Waals surface area contributed by atoms with E-state index < -0.39 is 0 Å². The molecule has 0 atom stereocenters. The number of thiazole rings is 1. The number of ether oxygens (including phenoxy) is 1. The maximum absolute atomic E-state index is 14.0. The molecule has 0 radical (unpaired) electrons. The molecule has 2 fully saturated rings. The van der Waals surface area contributed by atoms with Gasteiger partial charge in [-0.05, 0) is 19.1 Å². The minimum absolute atomic E-state index is 0.0450. The number of nitrogens with one attached hydrogen (secondary N) is 1. The van der Waals surface area contributed by atoms with Crippen LogP contribution in [0.15, 0.2) is 29.6 Å². The number of carbonyl (C=O) groups is 3. The highest BCUT2D eigenvalue weighted by Crippen LogP contribution is 2.21. The molecule has 0 unspecified atom stereocenters. The third-order valence-corrected chi connectivity index (χ3v) is 6.82. The van der Waals surface area contributed by atoms with Crippen molar-refractivity contribution in [1.82, 2.24) is 19.7 Å². The molecular weight excluding hydrogens is 475 g/mol. The van der Waals surface area contributed by atoms with E-state index in [9.17, 15) is 18.8 Å². The van der Waals surface area contributed by atoms with Crippen LogP contribution in [0, 0.1) is 5.82 Å². The van der Waals surface area contributed by atoms with Crippen LogP contribution in [0.1, 0.15) is 12.6 Å². The molecule has 12 heteroatoms. The Kier molecular flexibility index (Phi) is 8.01. The van der Waals surface area contributed by atoms with E-state index >= 15 is 0 Å². The topological polar surface area (TPSA) is 98.3 Å². The van der Waals surface area contributed by atoms with Gasteiger partial charge < -0.3 is 24.3 Å². The minimum atomic E-state index is -0.365. The van der Waals surface area contributed by atoms with Gasteiger partial charge in [0.2, 0.25) is 5.91 Å². The number of piperazine rings is 2. The molecule has 0 saturated carbocycles. The van der Waals surface area contributed by atoms with Crippen molar-refractivity contribution in [2.45, 2.75) is 13.3 Å². The number of anilines is 2. The molecule has 1 N–H and O–H groups in total. The summed E-state index contributed by atoms with van der Waals surface area (Å²) in [5.41, 5.74) is 1.15. The zero-order valence-electron chi connectivity index (χ0n) is 19.6. The second-order valence-electron chi connectivity index (χ2n) is 8.24. The minimum Gasteiger partial charge on any atom is -0.450 e. The summed E-state index contributed by atoms with van der Waals surface area (Å²) in [5.74, 6) is -0.304. The summed E-state index contributed by atoms with van der Waals surface area (Å²) in [6.07, 6.45) is -0.222. The lowest BCUT2D eigenvalue weighted by Crippen LogP contribution is -2.51. The molecule has 10 nitrogen and oxygen atoms in total. The van der Waals surface area contributed by atoms with E-state index in [0.29, 0.717) is 75.5 Å². The molecule has 0 spiro atoms. The normalized spacial score (nSPS) is 16.3. The Hall–Kier alpha value is -3.41. The zero-order valence-corrected chi connectivity index (χ0v) is 20.4. The first kappa shape index (κ1) is 24.7. The number of amides is 4. The molecule has 188 valence electrons. The predicted molar refractivity (Wildman–Crippen MR) is 130 cm³/mol. The van der Waals surface area contributed by atoms with E-state index in [-0.39, 0.29) is 30.3 Å². The maximum atomic E-state index is 14.0. The maximum Gasteiger partial charge on any atom is 0.409 e. The highest BCUT2D eigenvalue weighted by molar-refractivity contribution is 7.13. The van der Waals surface area contributed by atoms with Gasteiger partial charge in [0.1, 0.15) is 5.82 Å². The molecule has 4 amide bonds. The summed E-state index contributed by atoms with van der Waals surface area (Å²) in [5, 5.41) is 4.97. The Morgan fingerprint density at radius 3 is 2.34 bits per heavy atom. The fourth-order valence-electron chi connectivity index (χ4n) is 4.09. The standard InChI is InChI=1S/C23H29FN6O4S/c1-2-34-23(33)30-13-11-29(12-14-30)22(32)26-21-25-17(16-35-21)15-20(31)28-9-7-27(8-10-28)19-6-4-3-5-18(19)24/h3-6,16H,2,7-15H2,1H3,(H,25,26,32). The van der Waals surface area contributed by atoms with Crippen molar-refractivity contribution in [2.75, 3.05) is 69.2 Å². The molecule has 2 aliphatic heterocycles. The molecular formula is C23H29FN6O4S. The van der Waals surface area contributed by atoms with Gasteiger partial charge in [0, 0.05) is 57.7 Å². The average Bonchev–Trinajstić information content (AvgIpc) is 3.31. The van der Waals surface area contributed by atoms with E-state index in [1.807, 2.05) is 4.90 Å². The van der Waals surface area contributed by atoms with Crippen molar-refractivity contribution in [3.8, 4) is 0 Å². The van der Waals surface area contributed by atoms with Crippen LogP contribution >= 0.6 is 11.3 Å². The van der Waals surface area contributed by atoms with Crippen LogP contribution in [0.2, 0.25) is 0 Å². The number of aromatic nitrogens is 1. The summed E-state index contributed by atoms with van der Waals surface area (Å²) >= 11 is 1.27. The molecule has 2 saturated heterocycles. The fraction of sp³-hybridized carbons (Fsp3) is 0.478. The van der Waals surface area contributed by atoms with Crippen LogP contribution in [0.5, 0.6) is 0 Å². The van der Waals surface area contributed by atoms with E-state index in [2.05, 4.69) is 10.3 Å². The first-order valence-electron chi connectivity index (χ1n) is 11.6. The SMILES string of the molecule is CCOC(=O)N1CCN(C(=O)Nc2nc(CC(=O)N3CCN(c4ccccc4F)CC3)cs2)CC1. The number of carbonyl (C=O) groups excluding carboxylic acids is 3. The quantitative estimate of drug-likeness (QED) is 0.672. The second kappa shape index (κ2) is 11.3. The molecule has 35 heavy (non-hydrogen) atoms. The lowest BCUT2D eigenvalue weighted by atomic mass is 10.2. The van der Waals surface area contributed by atoms with Crippen LogP contribution in [-0.2, 0) is 16.0 Å². The smallest absolute Gasteiger partial charge is 0.409 e. The van der Waals surface area contributed by atoms with E-state index in [1.165, 1.54) is 17.4 Å². The molecule has 2 aliphatic rings. The highest BCUT2D eigenvalue weighted by Gasteiger charge is 2.26. The van der Waals surface area contributed by atoms with Crippen LogP contribution < -0.4 is 10.2 Å². The Labute approximate surface area is 207 Å². The summed E-state index contributed by atoms with van der Waals surface area (Å²) < 4.78 is 19.0. The van der Waals surface area contributed by atoms with Crippen molar-refractivity contribution in [2.24, 2.45) is 0 Å².